The van der Waals surface area contributed by atoms with E-state index in [2.05, 4.69) is 24.1 Å². The zero-order chi connectivity index (χ0) is 12.4. The van der Waals surface area contributed by atoms with Crippen molar-refractivity contribution >= 4 is 22.4 Å². The number of carboxylic acid groups (broad SMARTS) is 1. The Morgan fingerprint density at radius 2 is 2.41 bits per heavy atom. The molecular formula is C12H18N2O2S. The maximum atomic E-state index is 11.1. The third-order valence-corrected chi connectivity index (χ3v) is 4.00. The lowest BCUT2D eigenvalue weighted by atomic mass is 9.91. The number of rotatable bonds is 4. The molecule has 1 aliphatic rings. The summed E-state index contributed by atoms with van der Waals surface area (Å²) in [6.45, 7) is 5.16. The molecule has 0 fully saturated rings. The maximum absolute atomic E-state index is 11.1. The molecule has 0 bridgehead atoms. The van der Waals surface area contributed by atoms with Crippen LogP contribution < -0.4 is 5.32 Å². The molecule has 0 aromatic carbocycles. The van der Waals surface area contributed by atoms with Gasteiger partial charge in [-0.2, -0.15) is 0 Å². The number of hydrogen-bond donors (Lipinski definition) is 2. The highest BCUT2D eigenvalue weighted by Gasteiger charge is 2.29. The molecule has 0 aliphatic heterocycles. The zero-order valence-corrected chi connectivity index (χ0v) is 11.0. The highest BCUT2D eigenvalue weighted by atomic mass is 32.1. The quantitative estimate of drug-likeness (QED) is 0.867. The summed E-state index contributed by atoms with van der Waals surface area (Å²) in [5.41, 5.74) is 0.792. The van der Waals surface area contributed by atoms with Crippen molar-refractivity contribution in [1.29, 1.82) is 0 Å². The predicted molar refractivity (Wildman–Crippen MR) is 68.8 cm³/mol. The van der Waals surface area contributed by atoms with Crippen molar-refractivity contribution in [3.05, 3.63) is 10.6 Å². The molecule has 1 aliphatic carbocycles. The van der Waals surface area contributed by atoms with E-state index in [1.807, 2.05) is 0 Å². The monoisotopic (exact) mass is 254 g/mol. The largest absolute Gasteiger partial charge is 0.481 e. The normalized spacial score (nSPS) is 19.1. The van der Waals surface area contributed by atoms with Crippen molar-refractivity contribution in [1.82, 2.24) is 4.98 Å². The molecule has 17 heavy (non-hydrogen) atoms. The number of aliphatic carboxylic acids is 1. The number of anilines is 1. The van der Waals surface area contributed by atoms with Crippen LogP contribution in [0.4, 0.5) is 5.13 Å². The first-order valence-electron chi connectivity index (χ1n) is 6.04. The fourth-order valence-corrected chi connectivity index (χ4v) is 3.10. The fourth-order valence-electron chi connectivity index (χ4n) is 2.03. The number of carbonyl (C=O) groups is 1. The van der Waals surface area contributed by atoms with Crippen LogP contribution in [0.1, 0.15) is 43.2 Å². The van der Waals surface area contributed by atoms with Gasteiger partial charge in [0.05, 0.1) is 5.69 Å². The highest BCUT2D eigenvalue weighted by Crippen LogP contribution is 2.36. The molecule has 4 nitrogen and oxygen atoms in total. The molecule has 2 rings (SSSR count). The van der Waals surface area contributed by atoms with Gasteiger partial charge >= 0.3 is 5.97 Å². The molecule has 2 N–H and O–H groups in total. The molecular weight excluding hydrogens is 236 g/mol. The second-order valence-corrected chi connectivity index (χ2v) is 5.97. The SMILES string of the molecule is CC(C)CNc1nc2c(s1)CCCC2C(=O)O. The number of thiazole rings is 1. The van der Waals surface area contributed by atoms with Crippen LogP contribution in [-0.2, 0) is 11.2 Å². The summed E-state index contributed by atoms with van der Waals surface area (Å²) in [6, 6.07) is 0. The van der Waals surface area contributed by atoms with E-state index in [9.17, 15) is 4.79 Å². The molecule has 1 atom stereocenters. The molecule has 0 saturated carbocycles. The standard InChI is InChI=1S/C12H18N2O2S/c1-7(2)6-13-12-14-10-8(11(15)16)4-3-5-9(10)17-12/h7-8H,3-6H2,1-2H3,(H,13,14)(H,15,16). The van der Waals surface area contributed by atoms with Gasteiger partial charge in [-0.25, -0.2) is 4.98 Å². The van der Waals surface area contributed by atoms with Gasteiger partial charge in [0.15, 0.2) is 5.13 Å². The summed E-state index contributed by atoms with van der Waals surface area (Å²) in [5.74, 6) is -0.581. The molecule has 0 radical (unpaired) electrons. The lowest BCUT2D eigenvalue weighted by Gasteiger charge is -2.16. The Morgan fingerprint density at radius 3 is 3.06 bits per heavy atom. The molecule has 0 saturated heterocycles. The van der Waals surface area contributed by atoms with Crippen molar-refractivity contribution in [2.45, 2.75) is 39.0 Å². The van der Waals surface area contributed by atoms with Crippen molar-refractivity contribution < 1.29 is 9.90 Å². The molecule has 0 spiro atoms. The summed E-state index contributed by atoms with van der Waals surface area (Å²) in [5, 5.41) is 13.3. The number of hydrogen-bond acceptors (Lipinski definition) is 4. The second kappa shape index (κ2) is 5.04. The summed E-state index contributed by atoms with van der Waals surface area (Å²) >= 11 is 1.61. The number of fused-ring (bicyclic) bond motifs is 1. The Kier molecular flexibility index (Phi) is 3.66. The van der Waals surface area contributed by atoms with E-state index in [0.717, 1.165) is 41.5 Å². The first kappa shape index (κ1) is 12.4. The molecule has 1 heterocycles. The van der Waals surface area contributed by atoms with Crippen LogP contribution in [0.15, 0.2) is 0 Å². The fraction of sp³-hybridized carbons (Fsp3) is 0.667. The third-order valence-electron chi connectivity index (χ3n) is 2.91. The minimum absolute atomic E-state index is 0.399. The van der Waals surface area contributed by atoms with Crippen molar-refractivity contribution in [3.63, 3.8) is 0 Å². The van der Waals surface area contributed by atoms with Gasteiger partial charge in [0, 0.05) is 11.4 Å². The van der Waals surface area contributed by atoms with Crippen LogP contribution in [0.25, 0.3) is 0 Å². The van der Waals surface area contributed by atoms with E-state index in [0.29, 0.717) is 5.92 Å². The van der Waals surface area contributed by atoms with E-state index >= 15 is 0 Å². The Balaban J connectivity index is 2.16. The van der Waals surface area contributed by atoms with Crippen LogP contribution in [-0.4, -0.2) is 22.6 Å². The molecule has 94 valence electrons. The van der Waals surface area contributed by atoms with Gasteiger partial charge in [-0.1, -0.05) is 13.8 Å². The van der Waals surface area contributed by atoms with Gasteiger partial charge in [-0.15, -0.1) is 11.3 Å². The van der Waals surface area contributed by atoms with Gasteiger partial charge < -0.3 is 10.4 Å². The van der Waals surface area contributed by atoms with Crippen molar-refractivity contribution in [3.8, 4) is 0 Å². The predicted octanol–water partition coefficient (Wildman–Crippen LogP) is 2.72. The molecule has 5 heteroatoms. The summed E-state index contributed by atoms with van der Waals surface area (Å²) in [7, 11) is 0. The first-order chi connectivity index (χ1) is 8.08. The Labute approximate surface area is 105 Å². The van der Waals surface area contributed by atoms with E-state index in [1.165, 1.54) is 0 Å². The summed E-state index contributed by atoms with van der Waals surface area (Å²) < 4.78 is 0. The number of nitrogens with one attached hydrogen (secondary N) is 1. The summed E-state index contributed by atoms with van der Waals surface area (Å²) in [6.07, 6.45) is 2.64. The third kappa shape index (κ3) is 2.77. The van der Waals surface area contributed by atoms with E-state index in [4.69, 9.17) is 5.11 Å². The number of nitrogens with zero attached hydrogens (tertiary/aromatic N) is 1. The Bertz CT molecular complexity index is 415. The lowest BCUT2D eigenvalue weighted by molar-refractivity contribution is -0.139. The van der Waals surface area contributed by atoms with Crippen LogP contribution in [0.3, 0.4) is 0 Å². The minimum atomic E-state index is -0.744. The molecule has 1 unspecified atom stereocenters. The maximum Gasteiger partial charge on any atom is 0.312 e. The van der Waals surface area contributed by atoms with Gasteiger partial charge in [0.25, 0.3) is 0 Å². The smallest absolute Gasteiger partial charge is 0.312 e. The van der Waals surface area contributed by atoms with Gasteiger partial charge in [0.1, 0.15) is 5.92 Å². The lowest BCUT2D eigenvalue weighted by Crippen LogP contribution is -2.17. The average molecular weight is 254 g/mol. The number of carboxylic acids is 1. The topological polar surface area (TPSA) is 62.2 Å². The van der Waals surface area contributed by atoms with Crippen LogP contribution in [0.5, 0.6) is 0 Å². The van der Waals surface area contributed by atoms with Gasteiger partial charge in [-0.3, -0.25) is 4.79 Å². The Hall–Kier alpha value is -1.10. The highest BCUT2D eigenvalue weighted by molar-refractivity contribution is 7.15. The van der Waals surface area contributed by atoms with Crippen molar-refractivity contribution in [2.75, 3.05) is 11.9 Å². The molecule has 0 amide bonds. The van der Waals surface area contributed by atoms with Gasteiger partial charge in [0.2, 0.25) is 0 Å². The second-order valence-electron chi connectivity index (χ2n) is 4.89. The number of aryl methyl sites for hydroxylation is 1. The molecule has 1 aromatic rings. The minimum Gasteiger partial charge on any atom is -0.481 e. The van der Waals surface area contributed by atoms with E-state index in [1.54, 1.807) is 11.3 Å². The van der Waals surface area contributed by atoms with Crippen LogP contribution in [0.2, 0.25) is 0 Å². The van der Waals surface area contributed by atoms with Crippen molar-refractivity contribution in [2.24, 2.45) is 5.92 Å². The molecule has 1 aromatic heterocycles. The van der Waals surface area contributed by atoms with Gasteiger partial charge in [-0.05, 0) is 25.2 Å². The van der Waals surface area contributed by atoms with E-state index in [-0.39, 0.29) is 0 Å². The van der Waals surface area contributed by atoms with Crippen LogP contribution >= 0.6 is 11.3 Å². The summed E-state index contributed by atoms with van der Waals surface area (Å²) in [4.78, 5) is 16.7. The zero-order valence-electron chi connectivity index (χ0n) is 10.2. The average Bonchev–Trinajstić information content (AvgIpc) is 2.68. The number of aromatic nitrogens is 1. The van der Waals surface area contributed by atoms with Crippen LogP contribution in [0, 0.1) is 5.92 Å². The first-order valence-corrected chi connectivity index (χ1v) is 6.86. The Morgan fingerprint density at radius 1 is 1.65 bits per heavy atom. The van der Waals surface area contributed by atoms with E-state index < -0.39 is 11.9 Å².